The third-order valence-corrected chi connectivity index (χ3v) is 3.14. The van der Waals surface area contributed by atoms with Crippen molar-refractivity contribution < 1.29 is 4.79 Å². The van der Waals surface area contributed by atoms with Gasteiger partial charge >= 0.3 is 0 Å². The highest BCUT2D eigenvalue weighted by atomic mass is 16.2. The molecule has 1 amide bonds. The topological polar surface area (TPSA) is 23.6 Å². The summed E-state index contributed by atoms with van der Waals surface area (Å²) < 4.78 is 0. The lowest BCUT2D eigenvalue weighted by molar-refractivity contribution is -0.128. The van der Waals surface area contributed by atoms with Gasteiger partial charge in [0.25, 0.3) is 0 Å². The minimum absolute atomic E-state index is 0.370. The lowest BCUT2D eigenvalue weighted by Crippen LogP contribution is -2.31. The smallest absolute Gasteiger partial charge is 0.222 e. The predicted octanol–water partition coefficient (Wildman–Crippen LogP) is 0.560. The number of likely N-dealkylation sites (tertiary alicyclic amines) is 2. The van der Waals surface area contributed by atoms with Crippen molar-refractivity contribution in [2.45, 2.75) is 19.3 Å². The summed E-state index contributed by atoms with van der Waals surface area (Å²) in [6.07, 6.45) is 3.12. The quantitative estimate of drug-likeness (QED) is 0.623. The Morgan fingerprint density at radius 2 is 2.31 bits per heavy atom. The lowest BCUT2D eigenvalue weighted by atomic mass is 10.1. The van der Waals surface area contributed by atoms with E-state index in [0.717, 1.165) is 31.8 Å². The first-order valence-electron chi connectivity index (χ1n) is 5.22. The Balaban J connectivity index is 1.81. The first kappa shape index (κ1) is 9.00. The maximum absolute atomic E-state index is 11.4. The first-order valence-corrected chi connectivity index (χ1v) is 5.22. The van der Waals surface area contributed by atoms with Crippen molar-refractivity contribution in [2.24, 2.45) is 5.92 Å². The van der Waals surface area contributed by atoms with Crippen LogP contribution < -0.4 is 0 Å². The molecule has 1 atom stereocenters. The van der Waals surface area contributed by atoms with Crippen LogP contribution in [0.25, 0.3) is 0 Å². The van der Waals surface area contributed by atoms with Gasteiger partial charge in [-0.3, -0.25) is 4.79 Å². The van der Waals surface area contributed by atoms with Gasteiger partial charge in [0.05, 0.1) is 0 Å². The maximum atomic E-state index is 11.4. The fourth-order valence-corrected chi connectivity index (χ4v) is 2.38. The Labute approximate surface area is 79.7 Å². The molecule has 0 aliphatic carbocycles. The van der Waals surface area contributed by atoms with Gasteiger partial charge in [0.1, 0.15) is 0 Å². The Morgan fingerprint density at radius 1 is 1.46 bits per heavy atom. The number of carbonyl (C=O) groups excluding carboxylic acids is 1. The van der Waals surface area contributed by atoms with Crippen LogP contribution in [0.2, 0.25) is 0 Å². The number of rotatable bonds is 2. The van der Waals surface area contributed by atoms with Crippen molar-refractivity contribution in [3.8, 4) is 0 Å². The van der Waals surface area contributed by atoms with E-state index in [-0.39, 0.29) is 0 Å². The number of amides is 1. The summed E-state index contributed by atoms with van der Waals surface area (Å²) in [5.74, 6) is 1.10. The molecule has 74 valence electrons. The average Bonchev–Trinajstić information content (AvgIpc) is 2.64. The van der Waals surface area contributed by atoms with Crippen LogP contribution in [-0.4, -0.2) is 48.9 Å². The van der Waals surface area contributed by atoms with E-state index in [2.05, 4.69) is 11.9 Å². The van der Waals surface area contributed by atoms with Crippen LogP contribution in [0.15, 0.2) is 0 Å². The SMILES string of the molecule is CN1CCC(CN2CCCC2=O)C1. The van der Waals surface area contributed by atoms with Crippen molar-refractivity contribution in [1.29, 1.82) is 0 Å². The second kappa shape index (κ2) is 3.66. The monoisotopic (exact) mass is 182 g/mol. The number of hydrogen-bond acceptors (Lipinski definition) is 2. The van der Waals surface area contributed by atoms with E-state index < -0.39 is 0 Å². The fraction of sp³-hybridized carbons (Fsp3) is 0.900. The molecule has 0 aromatic heterocycles. The molecular formula is C10H18N2O. The van der Waals surface area contributed by atoms with Crippen LogP contribution >= 0.6 is 0 Å². The molecule has 2 heterocycles. The molecule has 1 unspecified atom stereocenters. The van der Waals surface area contributed by atoms with Crippen molar-refractivity contribution >= 4 is 5.91 Å². The Hall–Kier alpha value is -0.570. The van der Waals surface area contributed by atoms with E-state index in [1.165, 1.54) is 19.5 Å². The molecule has 0 N–H and O–H groups in total. The van der Waals surface area contributed by atoms with Crippen LogP contribution in [0.1, 0.15) is 19.3 Å². The van der Waals surface area contributed by atoms with Crippen molar-refractivity contribution in [3.05, 3.63) is 0 Å². The molecule has 3 heteroatoms. The zero-order chi connectivity index (χ0) is 9.26. The molecule has 0 aromatic rings. The summed E-state index contributed by atoms with van der Waals surface area (Å²) in [4.78, 5) is 15.8. The van der Waals surface area contributed by atoms with Gasteiger partial charge in [-0.05, 0) is 32.4 Å². The van der Waals surface area contributed by atoms with Crippen LogP contribution in [-0.2, 0) is 4.79 Å². The van der Waals surface area contributed by atoms with Crippen molar-refractivity contribution in [3.63, 3.8) is 0 Å². The van der Waals surface area contributed by atoms with E-state index in [4.69, 9.17) is 0 Å². The molecule has 0 radical (unpaired) electrons. The summed E-state index contributed by atoms with van der Waals surface area (Å²) in [6, 6.07) is 0. The van der Waals surface area contributed by atoms with Gasteiger partial charge in [-0.15, -0.1) is 0 Å². The molecular weight excluding hydrogens is 164 g/mol. The van der Waals surface area contributed by atoms with Crippen LogP contribution in [0.5, 0.6) is 0 Å². The van der Waals surface area contributed by atoms with Gasteiger partial charge in [-0.1, -0.05) is 0 Å². The zero-order valence-electron chi connectivity index (χ0n) is 8.33. The van der Waals surface area contributed by atoms with Crippen molar-refractivity contribution in [2.75, 3.05) is 33.2 Å². The highest BCUT2D eigenvalue weighted by molar-refractivity contribution is 5.78. The molecule has 2 saturated heterocycles. The summed E-state index contributed by atoms with van der Waals surface area (Å²) in [6.45, 7) is 4.37. The van der Waals surface area contributed by atoms with Gasteiger partial charge in [0.2, 0.25) is 5.91 Å². The molecule has 0 bridgehead atoms. The third-order valence-electron chi connectivity index (χ3n) is 3.14. The number of carbonyl (C=O) groups is 1. The van der Waals surface area contributed by atoms with E-state index in [9.17, 15) is 4.79 Å². The second-order valence-electron chi connectivity index (χ2n) is 4.36. The third kappa shape index (κ3) is 2.02. The summed E-state index contributed by atoms with van der Waals surface area (Å²) in [7, 11) is 2.16. The molecule has 2 rings (SSSR count). The average molecular weight is 182 g/mol. The second-order valence-corrected chi connectivity index (χ2v) is 4.36. The highest BCUT2D eigenvalue weighted by Gasteiger charge is 2.26. The van der Waals surface area contributed by atoms with E-state index in [1.807, 2.05) is 4.90 Å². The summed E-state index contributed by atoms with van der Waals surface area (Å²) >= 11 is 0. The maximum Gasteiger partial charge on any atom is 0.222 e. The van der Waals surface area contributed by atoms with Gasteiger partial charge in [0.15, 0.2) is 0 Å². The van der Waals surface area contributed by atoms with Gasteiger partial charge < -0.3 is 9.80 Å². The lowest BCUT2D eigenvalue weighted by Gasteiger charge is -2.19. The fourth-order valence-electron chi connectivity index (χ4n) is 2.38. The van der Waals surface area contributed by atoms with Crippen LogP contribution in [0, 0.1) is 5.92 Å². The molecule has 2 fully saturated rings. The minimum Gasteiger partial charge on any atom is -0.342 e. The molecule has 0 saturated carbocycles. The summed E-state index contributed by atoms with van der Waals surface area (Å²) in [5.41, 5.74) is 0. The molecule has 0 aromatic carbocycles. The summed E-state index contributed by atoms with van der Waals surface area (Å²) in [5, 5.41) is 0. The predicted molar refractivity (Wildman–Crippen MR) is 51.4 cm³/mol. The number of nitrogens with zero attached hydrogens (tertiary/aromatic N) is 2. The molecule has 3 nitrogen and oxygen atoms in total. The van der Waals surface area contributed by atoms with E-state index in [1.54, 1.807) is 0 Å². The Morgan fingerprint density at radius 3 is 2.85 bits per heavy atom. The van der Waals surface area contributed by atoms with Crippen molar-refractivity contribution in [1.82, 2.24) is 9.80 Å². The van der Waals surface area contributed by atoms with Gasteiger partial charge in [-0.2, -0.15) is 0 Å². The number of hydrogen-bond donors (Lipinski definition) is 0. The molecule has 2 aliphatic heterocycles. The van der Waals surface area contributed by atoms with Gasteiger partial charge in [0, 0.05) is 26.1 Å². The molecule has 2 aliphatic rings. The highest BCUT2D eigenvalue weighted by Crippen LogP contribution is 2.18. The first-order chi connectivity index (χ1) is 6.25. The molecule has 0 spiro atoms. The molecule has 13 heavy (non-hydrogen) atoms. The largest absolute Gasteiger partial charge is 0.342 e. The standard InChI is InChI=1S/C10H18N2O/c1-11-6-4-9(7-11)8-12-5-2-3-10(12)13/h9H,2-8H2,1H3. The van der Waals surface area contributed by atoms with Crippen LogP contribution in [0.3, 0.4) is 0 Å². The van der Waals surface area contributed by atoms with E-state index >= 15 is 0 Å². The van der Waals surface area contributed by atoms with Crippen LogP contribution in [0.4, 0.5) is 0 Å². The van der Waals surface area contributed by atoms with Gasteiger partial charge in [-0.25, -0.2) is 0 Å². The van der Waals surface area contributed by atoms with E-state index in [0.29, 0.717) is 5.91 Å². The normalized spacial score (nSPS) is 30.4. The zero-order valence-corrected chi connectivity index (χ0v) is 8.33. The minimum atomic E-state index is 0.370. The Bertz CT molecular complexity index is 205. The Kier molecular flexibility index (Phi) is 2.54.